The van der Waals surface area contributed by atoms with E-state index in [9.17, 15) is 12.8 Å². The highest BCUT2D eigenvalue weighted by Crippen LogP contribution is 2.23. The number of nitrogens with zero attached hydrogens (tertiary/aromatic N) is 1. The Morgan fingerprint density at radius 1 is 1.26 bits per heavy atom. The molecule has 0 bridgehead atoms. The number of aliphatic hydroxyl groups is 1. The predicted octanol–water partition coefficient (Wildman–Crippen LogP) is 2.00. The van der Waals surface area contributed by atoms with Gasteiger partial charge in [-0.15, -0.1) is 0 Å². The first-order valence-corrected chi connectivity index (χ1v) is 7.80. The Balaban J connectivity index is 3.24. The van der Waals surface area contributed by atoms with Gasteiger partial charge in [-0.05, 0) is 25.0 Å². The minimum atomic E-state index is -3.92. The molecule has 1 rings (SSSR count). The van der Waals surface area contributed by atoms with Crippen LogP contribution < -0.4 is 0 Å². The van der Waals surface area contributed by atoms with Crippen molar-refractivity contribution >= 4 is 10.0 Å². The number of hydrogen-bond acceptors (Lipinski definition) is 3. The number of aliphatic hydroxyl groups excluding tert-OH is 1. The van der Waals surface area contributed by atoms with Gasteiger partial charge in [0.25, 0.3) is 0 Å². The molecule has 0 amide bonds. The molecule has 0 aliphatic heterocycles. The molecule has 0 saturated carbocycles. The van der Waals surface area contributed by atoms with E-state index in [1.54, 1.807) is 0 Å². The summed E-state index contributed by atoms with van der Waals surface area (Å²) < 4.78 is 39.8. The number of rotatable bonds is 7. The van der Waals surface area contributed by atoms with Crippen LogP contribution in [0.5, 0.6) is 0 Å². The van der Waals surface area contributed by atoms with Gasteiger partial charge in [0.1, 0.15) is 10.7 Å². The molecule has 0 atom stereocenters. The highest BCUT2D eigenvalue weighted by atomic mass is 32.2. The average molecular weight is 289 g/mol. The van der Waals surface area contributed by atoms with Gasteiger partial charge < -0.3 is 5.11 Å². The second-order valence-electron chi connectivity index (χ2n) is 4.24. The maximum Gasteiger partial charge on any atom is 0.246 e. The smallest absolute Gasteiger partial charge is 0.246 e. The van der Waals surface area contributed by atoms with E-state index in [1.807, 2.05) is 13.8 Å². The molecule has 108 valence electrons. The summed E-state index contributed by atoms with van der Waals surface area (Å²) in [6.07, 6.45) is 1.23. The van der Waals surface area contributed by atoms with E-state index in [-0.39, 0.29) is 24.1 Å². The van der Waals surface area contributed by atoms with Crippen molar-refractivity contribution in [2.45, 2.75) is 37.6 Å². The van der Waals surface area contributed by atoms with Crippen molar-refractivity contribution in [2.24, 2.45) is 0 Å². The molecule has 19 heavy (non-hydrogen) atoms. The second-order valence-corrected chi connectivity index (χ2v) is 6.10. The van der Waals surface area contributed by atoms with Crippen LogP contribution in [0, 0.1) is 5.82 Å². The van der Waals surface area contributed by atoms with Gasteiger partial charge in [-0.25, -0.2) is 12.8 Å². The molecule has 0 saturated heterocycles. The summed E-state index contributed by atoms with van der Waals surface area (Å²) in [6, 6.07) is 5.06. The monoisotopic (exact) mass is 289 g/mol. The van der Waals surface area contributed by atoms with Crippen LogP contribution in [0.3, 0.4) is 0 Å². The maximum atomic E-state index is 13.7. The van der Waals surface area contributed by atoms with Crippen LogP contribution in [0.15, 0.2) is 29.2 Å². The van der Waals surface area contributed by atoms with E-state index in [1.165, 1.54) is 22.5 Å². The summed E-state index contributed by atoms with van der Waals surface area (Å²) in [5, 5.41) is 9.06. The lowest BCUT2D eigenvalue weighted by molar-refractivity contribution is 0.219. The largest absolute Gasteiger partial charge is 0.395 e. The van der Waals surface area contributed by atoms with Crippen molar-refractivity contribution in [1.29, 1.82) is 0 Å². The molecule has 0 aromatic heterocycles. The van der Waals surface area contributed by atoms with E-state index in [2.05, 4.69) is 0 Å². The fourth-order valence-corrected chi connectivity index (χ4v) is 3.90. The van der Waals surface area contributed by atoms with Gasteiger partial charge in [0.05, 0.1) is 6.61 Å². The van der Waals surface area contributed by atoms with Gasteiger partial charge in [0.15, 0.2) is 0 Å². The minimum Gasteiger partial charge on any atom is -0.395 e. The Kier molecular flexibility index (Phi) is 5.90. The lowest BCUT2D eigenvalue weighted by Gasteiger charge is -2.29. The van der Waals surface area contributed by atoms with E-state index in [0.29, 0.717) is 12.8 Å². The molecule has 4 nitrogen and oxygen atoms in total. The Hall–Kier alpha value is -0.980. The number of sulfonamides is 1. The van der Waals surface area contributed by atoms with Gasteiger partial charge in [-0.3, -0.25) is 0 Å². The van der Waals surface area contributed by atoms with Crippen molar-refractivity contribution in [2.75, 3.05) is 13.2 Å². The maximum absolute atomic E-state index is 13.7. The molecule has 0 fully saturated rings. The van der Waals surface area contributed by atoms with Crippen LogP contribution in [0.25, 0.3) is 0 Å². The number of halogens is 1. The van der Waals surface area contributed by atoms with E-state index >= 15 is 0 Å². The van der Waals surface area contributed by atoms with Crippen LogP contribution >= 0.6 is 0 Å². The molecule has 1 aromatic rings. The van der Waals surface area contributed by atoms with Gasteiger partial charge in [0.2, 0.25) is 10.0 Å². The summed E-state index contributed by atoms with van der Waals surface area (Å²) >= 11 is 0. The van der Waals surface area contributed by atoms with Gasteiger partial charge >= 0.3 is 0 Å². The Bertz CT molecular complexity index is 500. The molecular weight excluding hydrogens is 269 g/mol. The van der Waals surface area contributed by atoms with Crippen molar-refractivity contribution in [1.82, 2.24) is 4.31 Å². The van der Waals surface area contributed by atoms with Crippen LogP contribution in [0.4, 0.5) is 4.39 Å². The normalized spacial score (nSPS) is 12.3. The number of benzene rings is 1. The van der Waals surface area contributed by atoms with Crippen LogP contribution in [-0.4, -0.2) is 37.0 Å². The number of hydrogen-bond donors (Lipinski definition) is 1. The SMILES string of the molecule is CCC(CC)N(CCO)S(=O)(=O)c1ccccc1F. The Morgan fingerprint density at radius 2 is 1.84 bits per heavy atom. The molecule has 0 aliphatic rings. The lowest BCUT2D eigenvalue weighted by Crippen LogP contribution is -2.41. The Labute approximate surface area is 113 Å². The third-order valence-electron chi connectivity index (χ3n) is 3.09. The van der Waals surface area contributed by atoms with Crippen LogP contribution in [0.2, 0.25) is 0 Å². The molecular formula is C13H20FNO3S. The standard InChI is InChI=1S/C13H20FNO3S/c1-3-11(4-2)15(9-10-16)19(17,18)13-8-6-5-7-12(13)14/h5-8,11,16H,3-4,9-10H2,1-2H3. The first-order valence-electron chi connectivity index (χ1n) is 6.36. The zero-order chi connectivity index (χ0) is 14.5. The first-order chi connectivity index (χ1) is 8.98. The molecule has 1 aromatic carbocycles. The molecule has 6 heteroatoms. The molecule has 1 N–H and O–H groups in total. The molecule has 0 aliphatic carbocycles. The van der Waals surface area contributed by atoms with Gasteiger partial charge in [-0.1, -0.05) is 26.0 Å². The minimum absolute atomic E-state index is 0.0248. The molecule has 0 spiro atoms. The fraction of sp³-hybridized carbons (Fsp3) is 0.538. The lowest BCUT2D eigenvalue weighted by atomic mass is 10.2. The van der Waals surface area contributed by atoms with Gasteiger partial charge in [-0.2, -0.15) is 4.31 Å². The van der Waals surface area contributed by atoms with Crippen molar-refractivity contribution < 1.29 is 17.9 Å². The van der Waals surface area contributed by atoms with Gasteiger partial charge in [0, 0.05) is 12.6 Å². The molecule has 0 radical (unpaired) electrons. The Morgan fingerprint density at radius 3 is 2.32 bits per heavy atom. The summed E-state index contributed by atoms with van der Waals surface area (Å²) in [5.41, 5.74) is 0. The second kappa shape index (κ2) is 6.98. The highest BCUT2D eigenvalue weighted by Gasteiger charge is 2.31. The quantitative estimate of drug-likeness (QED) is 0.835. The van der Waals surface area contributed by atoms with Crippen molar-refractivity contribution in [3.63, 3.8) is 0 Å². The molecule has 0 unspecified atom stereocenters. The summed E-state index contributed by atoms with van der Waals surface area (Å²) in [5.74, 6) is -0.767. The third-order valence-corrected chi connectivity index (χ3v) is 5.08. The van der Waals surface area contributed by atoms with Crippen LogP contribution in [-0.2, 0) is 10.0 Å². The fourth-order valence-electron chi connectivity index (χ4n) is 2.07. The summed E-state index contributed by atoms with van der Waals surface area (Å²) in [7, 11) is -3.92. The zero-order valence-electron chi connectivity index (χ0n) is 11.2. The third kappa shape index (κ3) is 3.52. The van der Waals surface area contributed by atoms with Crippen molar-refractivity contribution in [3.8, 4) is 0 Å². The summed E-state index contributed by atoms with van der Waals surface area (Å²) in [6.45, 7) is 3.43. The van der Waals surface area contributed by atoms with Crippen LogP contribution in [0.1, 0.15) is 26.7 Å². The van der Waals surface area contributed by atoms with E-state index < -0.39 is 15.8 Å². The first kappa shape index (κ1) is 16.1. The summed E-state index contributed by atoms with van der Waals surface area (Å²) in [4.78, 5) is -0.338. The zero-order valence-corrected chi connectivity index (χ0v) is 12.0. The highest BCUT2D eigenvalue weighted by molar-refractivity contribution is 7.89. The van der Waals surface area contributed by atoms with E-state index in [4.69, 9.17) is 5.11 Å². The topological polar surface area (TPSA) is 57.6 Å². The average Bonchev–Trinajstić information content (AvgIpc) is 2.39. The predicted molar refractivity (Wildman–Crippen MR) is 71.7 cm³/mol. The van der Waals surface area contributed by atoms with E-state index in [0.717, 1.165) is 6.07 Å². The molecule has 0 heterocycles. The van der Waals surface area contributed by atoms with Crippen molar-refractivity contribution in [3.05, 3.63) is 30.1 Å².